The summed E-state index contributed by atoms with van der Waals surface area (Å²) in [5.41, 5.74) is 0. The molecule has 0 atom stereocenters. The number of hydrogen-bond donors (Lipinski definition) is 0. The van der Waals surface area contributed by atoms with Gasteiger partial charge in [0.2, 0.25) is 0 Å². The average Bonchev–Trinajstić information content (AvgIpc) is 2.33. The molecule has 0 aliphatic carbocycles. The fraction of sp³-hybridized carbons (Fsp3) is 0. The molecule has 7 nitrogen and oxygen atoms in total. The van der Waals surface area contributed by atoms with Crippen LogP contribution in [0, 0.1) is 71.0 Å². The van der Waals surface area contributed by atoms with Crippen molar-refractivity contribution in [1.29, 1.82) is 31.6 Å². The van der Waals surface area contributed by atoms with Gasteiger partial charge in [-0.05, 0) is 0 Å². The summed E-state index contributed by atoms with van der Waals surface area (Å²) in [6.07, 6.45) is 0. The number of nitrogens with zero attached hydrogens (tertiary/aromatic N) is 6. The molecule has 0 rings (SSSR count). The first-order valence-corrected chi connectivity index (χ1v) is 1.34. The molecule has 0 aromatic heterocycles. The van der Waals surface area contributed by atoms with E-state index in [1.165, 1.54) is 0 Å². The quantitative estimate of drug-likeness (QED) is 0.316. The van der Waals surface area contributed by atoms with E-state index in [0.29, 0.717) is 0 Å². The van der Waals surface area contributed by atoms with Crippen molar-refractivity contribution in [2.24, 2.45) is 0 Å². The topological polar surface area (TPSA) is 176 Å². The van der Waals surface area contributed by atoms with Crippen LogP contribution < -0.4 is 88.7 Å². The Morgan fingerprint density at radius 2 is 0.353 bits per heavy atom. The molecule has 0 bridgehead atoms. The van der Waals surface area contributed by atoms with Gasteiger partial charge in [-0.1, -0.05) is 0 Å². The molecule has 2 N–H and O–H groups in total. The Bertz CT molecular complexity index is 105. The van der Waals surface area contributed by atoms with Crippen molar-refractivity contribution >= 4 is 0 Å². The van der Waals surface area contributed by atoms with Crippen molar-refractivity contribution in [1.82, 2.24) is 0 Å². The van der Waals surface area contributed by atoms with Crippen LogP contribution in [0.1, 0.15) is 0 Å². The molecule has 0 fully saturated rings. The molecule has 0 spiro atoms. The zero-order valence-electron chi connectivity index (χ0n) is 9.61. The second-order valence-electron chi connectivity index (χ2n) is 0. The van der Waals surface area contributed by atoms with Crippen LogP contribution in [0.2, 0.25) is 0 Å². The van der Waals surface area contributed by atoms with Gasteiger partial charge in [-0.2, -0.15) is 0 Å². The van der Waals surface area contributed by atoms with E-state index < -0.39 is 0 Å². The SMILES string of the molecule is [C-]#N.[C-]#N.[C-]#N.[C-]#N.[C-]#N.[C-]#N.[Fe+4].[NH2-].[Na+].[Na+].[Na+]. The van der Waals surface area contributed by atoms with Gasteiger partial charge in [0.05, 0.1) is 0 Å². The Morgan fingerprint density at radius 3 is 0.353 bits per heavy atom. The Morgan fingerprint density at radius 1 is 0.353 bits per heavy atom. The van der Waals surface area contributed by atoms with E-state index in [4.69, 9.17) is 71.0 Å². The van der Waals surface area contributed by atoms with Gasteiger partial charge in [-0.3, -0.25) is 0 Å². The van der Waals surface area contributed by atoms with Gasteiger partial charge in [-0.25, -0.2) is 0 Å². The summed E-state index contributed by atoms with van der Waals surface area (Å²) in [4.78, 5) is 0. The maximum atomic E-state index is 6.25. The van der Waals surface area contributed by atoms with Crippen molar-refractivity contribution < 1.29 is 106 Å². The van der Waals surface area contributed by atoms with E-state index in [1.807, 2.05) is 0 Å². The van der Waals surface area contributed by atoms with Gasteiger partial charge in [-0.15, -0.1) is 0 Å². The van der Waals surface area contributed by atoms with Crippen LogP contribution in [-0.4, -0.2) is 0 Å². The molecule has 72 valence electrons. The maximum absolute atomic E-state index is 6.25. The molecule has 11 heteroatoms. The van der Waals surface area contributed by atoms with Crippen molar-refractivity contribution in [2.75, 3.05) is 0 Å². The van der Waals surface area contributed by atoms with E-state index in [0.717, 1.165) is 0 Å². The summed E-state index contributed by atoms with van der Waals surface area (Å²) >= 11 is 0. The minimum absolute atomic E-state index is 0. The number of nitrogens with two attached hydrogens (primary N) is 1. The third-order valence-corrected chi connectivity index (χ3v) is 0. The van der Waals surface area contributed by atoms with E-state index in [2.05, 4.69) is 0 Å². The van der Waals surface area contributed by atoms with E-state index >= 15 is 0 Å². The molecule has 0 amide bonds. The normalized spacial score (nSPS) is 0.706. The molecule has 0 saturated heterocycles. The number of rotatable bonds is 0. The summed E-state index contributed by atoms with van der Waals surface area (Å²) < 4.78 is 0. The first-order chi connectivity index (χ1) is 6.00. The molecule has 17 heavy (non-hydrogen) atoms. The van der Waals surface area contributed by atoms with Crippen LogP contribution >= 0.6 is 0 Å². The fourth-order valence-electron chi connectivity index (χ4n) is 0. The maximum Gasteiger partial charge on any atom is 4.00 e. The van der Waals surface area contributed by atoms with Crippen molar-refractivity contribution in [3.05, 3.63) is 45.6 Å². The van der Waals surface area contributed by atoms with Crippen molar-refractivity contribution in [3.8, 4) is 0 Å². The second kappa shape index (κ2) is 22200. The smallest absolute Gasteiger partial charge is 0.693 e. The van der Waals surface area contributed by atoms with Crippen molar-refractivity contribution in [3.63, 3.8) is 0 Å². The van der Waals surface area contributed by atoms with Crippen LogP contribution in [0.3, 0.4) is 0 Å². The Balaban J connectivity index is -0.00000000267. The van der Waals surface area contributed by atoms with E-state index in [1.54, 1.807) is 0 Å². The zero-order chi connectivity index (χ0) is 12.0. The second-order valence-corrected chi connectivity index (χ2v) is 0. The van der Waals surface area contributed by atoms with Gasteiger partial charge < -0.3 is 77.2 Å². The summed E-state index contributed by atoms with van der Waals surface area (Å²) in [6, 6.07) is 0. The summed E-state index contributed by atoms with van der Waals surface area (Å²) in [5.74, 6) is 0. The molecule has 0 radical (unpaired) electrons. The third-order valence-electron chi connectivity index (χ3n) is 0. The first kappa shape index (κ1) is 114. The van der Waals surface area contributed by atoms with Crippen LogP contribution in [0.25, 0.3) is 6.15 Å². The molecule has 0 aromatic rings. The van der Waals surface area contributed by atoms with Crippen LogP contribution in [0.5, 0.6) is 0 Å². The molecule has 0 aliphatic heterocycles. The summed E-state index contributed by atoms with van der Waals surface area (Å²) in [5, 5.41) is 37.5. The van der Waals surface area contributed by atoms with Crippen molar-refractivity contribution in [2.45, 2.75) is 0 Å². The molecule has 0 saturated carbocycles. The average molecular weight is 297 g/mol. The third kappa shape index (κ3) is 19400. The summed E-state index contributed by atoms with van der Waals surface area (Å²) in [6.45, 7) is 28.5. The monoisotopic (exact) mass is 297 g/mol. The number of hydrogen-bond acceptors (Lipinski definition) is 6. The zero-order valence-corrected chi connectivity index (χ0v) is 16.7. The Kier molecular flexibility index (Phi) is 149000. The van der Waals surface area contributed by atoms with Gasteiger partial charge in [0.1, 0.15) is 0 Å². The largest absolute Gasteiger partial charge is 4.00 e. The molecule has 0 unspecified atom stereocenters. The predicted octanol–water partition coefficient (Wildman–Crippen LogP) is -7.70. The Hall–Kier alpha value is 0.419. The molecular weight excluding hydrogens is 295 g/mol. The summed E-state index contributed by atoms with van der Waals surface area (Å²) in [7, 11) is 0. The van der Waals surface area contributed by atoms with E-state index in [9.17, 15) is 0 Å². The Labute approximate surface area is 180 Å². The standard InChI is InChI=1S/6CN.Fe.H2N.3Na/c6*1-2;;;;;/h;;;;;;;1H2;;;/q6*-1;+4;-1;3*+1. The first-order valence-electron chi connectivity index (χ1n) is 1.34. The van der Waals surface area contributed by atoms with Crippen LogP contribution in [-0.2, 0) is 17.1 Å². The van der Waals surface area contributed by atoms with Gasteiger partial charge in [0.25, 0.3) is 0 Å². The van der Waals surface area contributed by atoms with E-state index in [-0.39, 0.29) is 112 Å². The minimum Gasteiger partial charge on any atom is -0.693 e. The molecule has 0 heterocycles. The van der Waals surface area contributed by atoms with Crippen LogP contribution in [0.4, 0.5) is 0 Å². The van der Waals surface area contributed by atoms with Gasteiger partial charge in [0, 0.05) is 0 Å². The predicted molar refractivity (Wildman–Crippen MR) is 35.1 cm³/mol. The molecule has 0 aliphatic rings. The molecular formula is C6H2FeN7Na3. The molecule has 0 aromatic carbocycles. The van der Waals surface area contributed by atoms with Gasteiger partial charge >= 0.3 is 106 Å². The minimum atomic E-state index is 0. The van der Waals surface area contributed by atoms with Gasteiger partial charge in [0.15, 0.2) is 0 Å². The van der Waals surface area contributed by atoms with Crippen LogP contribution in [0.15, 0.2) is 0 Å². The fourth-order valence-corrected chi connectivity index (χ4v) is 0.